The Balaban J connectivity index is 2.57. The quantitative estimate of drug-likeness (QED) is 0.451. The minimum atomic E-state index is 0.722. The average molecular weight is 128 g/mol. The largest absolute Gasteiger partial charge is 0.0891 e. The minimum Gasteiger partial charge on any atom is -0.0891 e. The molecule has 0 aliphatic heterocycles. The molecule has 0 aromatic heterocycles. The van der Waals surface area contributed by atoms with Crippen LogP contribution in [0.15, 0.2) is 0 Å². The van der Waals surface area contributed by atoms with Gasteiger partial charge in [0.2, 0.25) is 0 Å². The van der Waals surface area contributed by atoms with E-state index in [1.165, 1.54) is 17.7 Å². The highest BCUT2D eigenvalue weighted by atomic mass is 32.1. The van der Waals surface area contributed by atoms with Gasteiger partial charge in [0.25, 0.3) is 0 Å². The van der Waals surface area contributed by atoms with Crippen LogP contribution in [0.25, 0.3) is 0 Å². The predicted octanol–water partition coefficient (Wildman–Crippen LogP) is 2.42. The summed E-state index contributed by atoms with van der Waals surface area (Å²) in [5, 5.41) is 0. The molecule has 1 aliphatic carbocycles. The second-order valence-electron chi connectivity index (χ2n) is 2.78. The van der Waals surface area contributed by atoms with Gasteiger partial charge in [-0.15, -0.1) is 0 Å². The summed E-state index contributed by atoms with van der Waals surface area (Å²) in [4.78, 5) is 1.30. The fraction of sp³-hybridized carbons (Fsp3) is 0.857. The lowest BCUT2D eigenvalue weighted by Gasteiger charge is -2.01. The van der Waals surface area contributed by atoms with E-state index in [-0.39, 0.29) is 0 Å². The van der Waals surface area contributed by atoms with Crippen LogP contribution in [0.4, 0.5) is 0 Å². The predicted molar refractivity (Wildman–Crippen MR) is 40.2 cm³/mol. The maximum absolute atomic E-state index is 5.16. The molecule has 0 amide bonds. The van der Waals surface area contributed by atoms with E-state index in [0.29, 0.717) is 0 Å². The summed E-state index contributed by atoms with van der Waals surface area (Å²) in [5.41, 5.74) is 0. The van der Waals surface area contributed by atoms with Crippen LogP contribution in [0, 0.1) is 11.8 Å². The van der Waals surface area contributed by atoms with Crippen molar-refractivity contribution in [2.75, 3.05) is 0 Å². The van der Waals surface area contributed by atoms with Crippen molar-refractivity contribution >= 4 is 17.1 Å². The Labute approximate surface area is 56.3 Å². The van der Waals surface area contributed by atoms with E-state index in [2.05, 4.69) is 13.8 Å². The molecule has 0 aromatic rings. The van der Waals surface area contributed by atoms with Crippen molar-refractivity contribution in [2.24, 2.45) is 11.8 Å². The highest BCUT2D eigenvalue weighted by Gasteiger charge is 2.22. The molecule has 0 N–H and O–H groups in total. The molecule has 2 unspecified atom stereocenters. The van der Waals surface area contributed by atoms with Crippen LogP contribution in [0.2, 0.25) is 0 Å². The summed E-state index contributed by atoms with van der Waals surface area (Å²) >= 11 is 5.16. The van der Waals surface area contributed by atoms with Gasteiger partial charge in [-0.05, 0) is 29.5 Å². The zero-order valence-corrected chi connectivity index (χ0v) is 6.29. The molecule has 1 aliphatic rings. The first-order valence-corrected chi connectivity index (χ1v) is 3.66. The Morgan fingerprint density at radius 2 is 1.62 bits per heavy atom. The van der Waals surface area contributed by atoms with Gasteiger partial charge in [-0.1, -0.05) is 26.1 Å². The van der Waals surface area contributed by atoms with Crippen molar-refractivity contribution in [1.82, 2.24) is 0 Å². The molecule has 1 rings (SSSR count). The Hall–Kier alpha value is 0.0900. The fourth-order valence-corrected chi connectivity index (χ4v) is 1.51. The van der Waals surface area contributed by atoms with Crippen molar-refractivity contribution in [3.8, 4) is 0 Å². The van der Waals surface area contributed by atoms with Gasteiger partial charge in [0.05, 0.1) is 0 Å². The fourth-order valence-electron chi connectivity index (χ4n) is 1.27. The second kappa shape index (κ2) is 2.14. The molecule has 1 heteroatoms. The third kappa shape index (κ3) is 0.921. The summed E-state index contributed by atoms with van der Waals surface area (Å²) < 4.78 is 0. The van der Waals surface area contributed by atoms with Crippen LogP contribution in [-0.2, 0) is 0 Å². The van der Waals surface area contributed by atoms with Crippen LogP contribution >= 0.6 is 12.2 Å². The van der Waals surface area contributed by atoms with Gasteiger partial charge in [0.15, 0.2) is 0 Å². The Morgan fingerprint density at radius 1 is 1.25 bits per heavy atom. The van der Waals surface area contributed by atoms with E-state index in [0.717, 1.165) is 11.8 Å². The molecule has 0 bridgehead atoms. The van der Waals surface area contributed by atoms with Crippen molar-refractivity contribution in [2.45, 2.75) is 26.7 Å². The maximum Gasteiger partial charge on any atom is -0.00152 e. The Bertz CT molecular complexity index is 95.0. The molecule has 0 nitrogen and oxygen atoms in total. The molecular weight excluding hydrogens is 116 g/mol. The van der Waals surface area contributed by atoms with E-state index in [1.54, 1.807) is 0 Å². The minimum absolute atomic E-state index is 0.722. The van der Waals surface area contributed by atoms with E-state index in [4.69, 9.17) is 12.2 Å². The molecule has 0 heterocycles. The first kappa shape index (κ1) is 6.21. The molecular formula is C7H12S. The van der Waals surface area contributed by atoms with Gasteiger partial charge < -0.3 is 0 Å². The Morgan fingerprint density at radius 3 is 1.75 bits per heavy atom. The number of hydrogen-bond donors (Lipinski definition) is 0. The summed E-state index contributed by atoms with van der Waals surface area (Å²) in [6.45, 7) is 4.46. The van der Waals surface area contributed by atoms with Gasteiger partial charge in [-0.2, -0.15) is 0 Å². The first-order valence-electron chi connectivity index (χ1n) is 3.25. The Kier molecular flexibility index (Phi) is 1.66. The molecule has 0 aromatic carbocycles. The van der Waals surface area contributed by atoms with Crippen LogP contribution in [0.1, 0.15) is 26.7 Å². The molecule has 2 atom stereocenters. The van der Waals surface area contributed by atoms with Crippen molar-refractivity contribution in [3.05, 3.63) is 0 Å². The third-order valence-electron chi connectivity index (χ3n) is 2.00. The van der Waals surface area contributed by atoms with Crippen LogP contribution in [0.5, 0.6) is 0 Å². The summed E-state index contributed by atoms with van der Waals surface area (Å²) in [7, 11) is 0. The summed E-state index contributed by atoms with van der Waals surface area (Å²) in [6.07, 6.45) is 2.64. The molecule has 1 fully saturated rings. The van der Waals surface area contributed by atoms with Crippen molar-refractivity contribution < 1.29 is 0 Å². The van der Waals surface area contributed by atoms with E-state index in [9.17, 15) is 0 Å². The lowest BCUT2D eigenvalue weighted by molar-refractivity contribution is 0.677. The average Bonchev–Trinajstić information content (AvgIpc) is 1.98. The normalized spacial score (nSPS) is 38.5. The SMILES string of the molecule is CC1CCC(C)C1=S. The molecule has 1 saturated carbocycles. The van der Waals surface area contributed by atoms with Crippen molar-refractivity contribution in [1.29, 1.82) is 0 Å². The second-order valence-corrected chi connectivity index (χ2v) is 3.25. The number of thiocarbonyl (C=S) groups is 1. The highest BCUT2D eigenvalue weighted by Crippen LogP contribution is 2.27. The monoisotopic (exact) mass is 128 g/mol. The summed E-state index contributed by atoms with van der Waals surface area (Å²) in [5.74, 6) is 1.44. The van der Waals surface area contributed by atoms with Gasteiger partial charge in [-0.3, -0.25) is 0 Å². The molecule has 46 valence electrons. The van der Waals surface area contributed by atoms with Gasteiger partial charge in [0, 0.05) is 0 Å². The van der Waals surface area contributed by atoms with E-state index >= 15 is 0 Å². The summed E-state index contributed by atoms with van der Waals surface area (Å²) in [6, 6.07) is 0. The van der Waals surface area contributed by atoms with Crippen LogP contribution in [0.3, 0.4) is 0 Å². The van der Waals surface area contributed by atoms with E-state index < -0.39 is 0 Å². The lowest BCUT2D eigenvalue weighted by atomic mass is 10.1. The zero-order chi connectivity index (χ0) is 6.15. The third-order valence-corrected chi connectivity index (χ3v) is 2.81. The topological polar surface area (TPSA) is 0 Å². The van der Waals surface area contributed by atoms with Crippen LogP contribution < -0.4 is 0 Å². The standard InChI is InChI=1S/C7H12S/c1-5-3-4-6(2)7(5)8/h5-6H,3-4H2,1-2H3. The van der Waals surface area contributed by atoms with Crippen LogP contribution in [-0.4, -0.2) is 4.86 Å². The smallest absolute Gasteiger partial charge is 0.00152 e. The number of rotatable bonds is 0. The lowest BCUT2D eigenvalue weighted by Crippen LogP contribution is -2.04. The van der Waals surface area contributed by atoms with Gasteiger partial charge >= 0.3 is 0 Å². The van der Waals surface area contributed by atoms with Crippen molar-refractivity contribution in [3.63, 3.8) is 0 Å². The molecule has 0 radical (unpaired) electrons. The number of hydrogen-bond acceptors (Lipinski definition) is 1. The van der Waals surface area contributed by atoms with E-state index in [1.807, 2.05) is 0 Å². The van der Waals surface area contributed by atoms with Gasteiger partial charge in [-0.25, -0.2) is 0 Å². The molecule has 0 saturated heterocycles. The zero-order valence-electron chi connectivity index (χ0n) is 5.48. The molecule has 8 heavy (non-hydrogen) atoms. The van der Waals surface area contributed by atoms with Gasteiger partial charge in [0.1, 0.15) is 0 Å². The molecule has 0 spiro atoms. The first-order chi connectivity index (χ1) is 3.72. The maximum atomic E-state index is 5.16. The highest BCUT2D eigenvalue weighted by molar-refractivity contribution is 7.80.